The van der Waals surface area contributed by atoms with Gasteiger partial charge in [0.15, 0.2) is 0 Å². The van der Waals surface area contributed by atoms with Gasteiger partial charge in [0.05, 0.1) is 30.3 Å². The van der Waals surface area contributed by atoms with Crippen molar-refractivity contribution in [2.75, 3.05) is 23.8 Å². The normalized spacial score (nSPS) is 25.1. The molecule has 0 saturated carbocycles. The zero-order valence-electron chi connectivity index (χ0n) is 9.20. The first-order valence-corrected chi connectivity index (χ1v) is 6.06. The maximum absolute atomic E-state index is 9.14. The number of aliphatic hydroxyl groups excluding tert-OH is 2. The van der Waals surface area contributed by atoms with Crippen LogP contribution in [0.5, 0.6) is 0 Å². The van der Waals surface area contributed by atoms with Crippen LogP contribution < -0.4 is 10.6 Å². The Balaban J connectivity index is 1.99. The SMILES string of the molecule is OC[C@H]1Cc2c(nc3c(c2Cl)C[C@H](CO)N3)N1. The molecular weight excluding hydrogens is 242 g/mol. The Morgan fingerprint density at radius 3 is 1.94 bits per heavy atom. The summed E-state index contributed by atoms with van der Waals surface area (Å²) in [5, 5.41) is 25.3. The number of halogens is 1. The van der Waals surface area contributed by atoms with Crippen molar-refractivity contribution in [2.24, 2.45) is 0 Å². The smallest absolute Gasteiger partial charge is 0.133 e. The Bertz CT molecular complexity index is 428. The second kappa shape index (κ2) is 4.01. The monoisotopic (exact) mass is 255 g/mol. The zero-order chi connectivity index (χ0) is 12.0. The van der Waals surface area contributed by atoms with E-state index >= 15 is 0 Å². The molecule has 0 saturated heterocycles. The standard InChI is InChI=1S/C11H14ClN3O2/c12-9-7-1-5(3-16)13-10(7)15-11-8(9)2-6(4-17)14-11/h5-6,16-17H,1-4H2,(H2,13,14,15)/t5-,6-/m1/s1. The molecule has 0 amide bonds. The minimum atomic E-state index is 0.00571. The van der Waals surface area contributed by atoms with E-state index in [1.165, 1.54) is 0 Å². The maximum atomic E-state index is 9.14. The van der Waals surface area contributed by atoms with E-state index in [1.807, 2.05) is 0 Å². The maximum Gasteiger partial charge on any atom is 0.133 e. The molecule has 5 nitrogen and oxygen atoms in total. The molecule has 1 aromatic rings. The molecule has 0 unspecified atom stereocenters. The fourth-order valence-corrected chi connectivity index (χ4v) is 2.78. The largest absolute Gasteiger partial charge is 0.394 e. The van der Waals surface area contributed by atoms with Crippen molar-refractivity contribution in [3.05, 3.63) is 16.1 Å². The van der Waals surface area contributed by atoms with E-state index in [0.717, 1.165) is 27.8 Å². The van der Waals surface area contributed by atoms with Crippen LogP contribution in [-0.4, -0.2) is 40.5 Å². The van der Waals surface area contributed by atoms with Crippen molar-refractivity contribution >= 4 is 23.2 Å². The molecular formula is C11H14ClN3O2. The van der Waals surface area contributed by atoms with Gasteiger partial charge in [0, 0.05) is 11.1 Å². The predicted molar refractivity (Wildman–Crippen MR) is 65.6 cm³/mol. The molecule has 92 valence electrons. The van der Waals surface area contributed by atoms with Crippen LogP contribution in [0, 0.1) is 0 Å². The quantitative estimate of drug-likeness (QED) is 0.615. The van der Waals surface area contributed by atoms with E-state index in [-0.39, 0.29) is 25.3 Å². The molecule has 0 fully saturated rings. The fraction of sp³-hybridized carbons (Fsp3) is 0.545. The molecule has 0 bridgehead atoms. The first kappa shape index (κ1) is 11.1. The Morgan fingerprint density at radius 1 is 1.06 bits per heavy atom. The van der Waals surface area contributed by atoms with Crippen molar-refractivity contribution < 1.29 is 10.2 Å². The zero-order valence-corrected chi connectivity index (χ0v) is 9.96. The summed E-state index contributed by atoms with van der Waals surface area (Å²) in [6.45, 7) is 0.147. The average Bonchev–Trinajstić information content (AvgIpc) is 2.92. The van der Waals surface area contributed by atoms with E-state index in [2.05, 4.69) is 15.6 Å². The molecule has 0 spiro atoms. The summed E-state index contributed by atoms with van der Waals surface area (Å²) in [6, 6.07) is 0.0114. The predicted octanol–water partition coefficient (Wildman–Crippen LogP) is 0.393. The molecule has 2 aliphatic heterocycles. The highest BCUT2D eigenvalue weighted by atomic mass is 35.5. The molecule has 2 aliphatic rings. The highest BCUT2D eigenvalue weighted by molar-refractivity contribution is 6.33. The molecule has 6 heteroatoms. The van der Waals surface area contributed by atoms with E-state index in [0.29, 0.717) is 12.8 Å². The van der Waals surface area contributed by atoms with E-state index in [4.69, 9.17) is 21.8 Å². The van der Waals surface area contributed by atoms with Gasteiger partial charge in [-0.2, -0.15) is 0 Å². The number of nitrogens with one attached hydrogen (secondary N) is 2. The number of fused-ring (bicyclic) bond motifs is 2. The molecule has 1 aromatic heterocycles. The number of anilines is 2. The number of pyridine rings is 1. The van der Waals surface area contributed by atoms with Crippen LogP contribution in [0.3, 0.4) is 0 Å². The number of rotatable bonds is 2. The number of nitrogens with zero attached hydrogens (tertiary/aromatic N) is 1. The van der Waals surface area contributed by atoms with Gasteiger partial charge in [0.25, 0.3) is 0 Å². The topological polar surface area (TPSA) is 77.4 Å². The van der Waals surface area contributed by atoms with Crippen molar-refractivity contribution in [1.82, 2.24) is 4.98 Å². The molecule has 3 rings (SSSR count). The van der Waals surface area contributed by atoms with Crippen LogP contribution in [0.15, 0.2) is 0 Å². The van der Waals surface area contributed by atoms with Gasteiger partial charge in [-0.3, -0.25) is 0 Å². The van der Waals surface area contributed by atoms with Crippen LogP contribution in [0.2, 0.25) is 5.02 Å². The third-order valence-corrected chi connectivity index (χ3v) is 3.80. The minimum absolute atomic E-state index is 0.00571. The Labute approximate surface area is 104 Å². The summed E-state index contributed by atoms with van der Waals surface area (Å²) in [5.74, 6) is 1.50. The van der Waals surface area contributed by atoms with Crippen molar-refractivity contribution in [2.45, 2.75) is 24.9 Å². The molecule has 2 atom stereocenters. The third-order valence-electron chi connectivity index (χ3n) is 3.35. The lowest BCUT2D eigenvalue weighted by Gasteiger charge is -2.07. The van der Waals surface area contributed by atoms with Crippen LogP contribution in [-0.2, 0) is 12.8 Å². The first-order chi connectivity index (χ1) is 8.22. The summed E-state index contributed by atoms with van der Waals surface area (Å²) < 4.78 is 0. The van der Waals surface area contributed by atoms with Gasteiger partial charge < -0.3 is 20.8 Å². The van der Waals surface area contributed by atoms with E-state index < -0.39 is 0 Å². The van der Waals surface area contributed by atoms with Crippen molar-refractivity contribution in [3.63, 3.8) is 0 Å². The van der Waals surface area contributed by atoms with Gasteiger partial charge in [0.2, 0.25) is 0 Å². The van der Waals surface area contributed by atoms with Crippen LogP contribution in [0.25, 0.3) is 0 Å². The van der Waals surface area contributed by atoms with Gasteiger partial charge >= 0.3 is 0 Å². The lowest BCUT2D eigenvalue weighted by Crippen LogP contribution is -2.21. The van der Waals surface area contributed by atoms with Gasteiger partial charge in [-0.1, -0.05) is 11.6 Å². The average molecular weight is 256 g/mol. The van der Waals surface area contributed by atoms with Gasteiger partial charge in [-0.05, 0) is 12.8 Å². The summed E-state index contributed by atoms with van der Waals surface area (Å²) in [6.07, 6.45) is 1.41. The second-order valence-electron chi connectivity index (χ2n) is 4.54. The van der Waals surface area contributed by atoms with Crippen LogP contribution in [0.1, 0.15) is 11.1 Å². The van der Waals surface area contributed by atoms with Crippen LogP contribution >= 0.6 is 11.6 Å². The Kier molecular flexibility index (Phi) is 2.61. The first-order valence-electron chi connectivity index (χ1n) is 5.69. The highest BCUT2D eigenvalue weighted by Crippen LogP contribution is 2.39. The lowest BCUT2D eigenvalue weighted by molar-refractivity contribution is 0.276. The minimum Gasteiger partial charge on any atom is -0.394 e. The Hall–Kier alpha value is -1.04. The highest BCUT2D eigenvalue weighted by Gasteiger charge is 2.31. The number of hydrogen-bond acceptors (Lipinski definition) is 5. The third kappa shape index (κ3) is 1.66. The number of aromatic nitrogens is 1. The van der Waals surface area contributed by atoms with Crippen LogP contribution in [0.4, 0.5) is 11.6 Å². The van der Waals surface area contributed by atoms with Gasteiger partial charge in [-0.15, -0.1) is 0 Å². The van der Waals surface area contributed by atoms with Gasteiger partial charge in [-0.25, -0.2) is 4.98 Å². The molecule has 0 aliphatic carbocycles. The van der Waals surface area contributed by atoms with Crippen molar-refractivity contribution in [1.29, 1.82) is 0 Å². The summed E-state index contributed by atoms with van der Waals surface area (Å²) in [5.41, 5.74) is 1.95. The van der Waals surface area contributed by atoms with Gasteiger partial charge in [0.1, 0.15) is 11.6 Å². The Morgan fingerprint density at radius 2 is 1.53 bits per heavy atom. The van der Waals surface area contributed by atoms with Crippen molar-refractivity contribution in [3.8, 4) is 0 Å². The summed E-state index contributed by atoms with van der Waals surface area (Å²) >= 11 is 6.36. The molecule has 0 aromatic carbocycles. The molecule has 4 N–H and O–H groups in total. The second-order valence-corrected chi connectivity index (χ2v) is 4.91. The summed E-state index contributed by atoms with van der Waals surface area (Å²) in [4.78, 5) is 4.46. The van der Waals surface area contributed by atoms with E-state index in [9.17, 15) is 0 Å². The fourth-order valence-electron chi connectivity index (χ4n) is 2.45. The lowest BCUT2D eigenvalue weighted by atomic mass is 10.1. The molecule has 17 heavy (non-hydrogen) atoms. The summed E-state index contributed by atoms with van der Waals surface area (Å²) in [7, 11) is 0. The number of aliphatic hydroxyl groups is 2. The molecule has 0 radical (unpaired) electrons. The molecule has 3 heterocycles. The van der Waals surface area contributed by atoms with E-state index in [1.54, 1.807) is 0 Å². The number of hydrogen-bond donors (Lipinski definition) is 4.